The summed E-state index contributed by atoms with van der Waals surface area (Å²) in [6.07, 6.45) is 14.6. The van der Waals surface area contributed by atoms with Gasteiger partial charge in [-0.3, -0.25) is 14.5 Å². The number of fused-ring (bicyclic) bond motifs is 6. The van der Waals surface area contributed by atoms with Crippen molar-refractivity contribution in [1.29, 1.82) is 0 Å². The van der Waals surface area contributed by atoms with Gasteiger partial charge in [0.2, 0.25) is 5.91 Å². The zero-order valence-corrected chi connectivity index (χ0v) is 32.0. The molecule has 3 amide bonds. The average molecular weight is 724 g/mol. The van der Waals surface area contributed by atoms with Crippen molar-refractivity contribution in [3.8, 4) is 12.3 Å². The fourth-order valence-corrected chi connectivity index (χ4v) is 12.3. The van der Waals surface area contributed by atoms with Crippen molar-refractivity contribution >= 4 is 28.8 Å². The topological polar surface area (TPSA) is 107 Å². The maximum Gasteiger partial charge on any atom is 0.409 e. The van der Waals surface area contributed by atoms with Gasteiger partial charge in [-0.1, -0.05) is 44.0 Å². The normalized spacial score (nSPS) is 38.4. The molecule has 0 radical (unpaired) electrons. The first kappa shape index (κ1) is 36.3. The molecule has 4 aliphatic carbocycles. The Bertz CT molecular complexity index is 1800. The molecule has 3 heterocycles. The number of carbonyl (C=O) groups excluding carboxylic acids is 3. The number of aromatic nitrogens is 1. The highest BCUT2D eigenvalue weighted by atomic mass is 16.6. The number of aliphatic hydroxyl groups is 1. The van der Waals surface area contributed by atoms with Gasteiger partial charge >= 0.3 is 6.09 Å². The predicted octanol–water partition coefficient (Wildman–Crippen LogP) is 5.44. The van der Waals surface area contributed by atoms with Gasteiger partial charge in [-0.25, -0.2) is 9.78 Å². The number of para-hydroxylation sites is 1. The van der Waals surface area contributed by atoms with Crippen LogP contribution in [0.15, 0.2) is 36.4 Å². The fourth-order valence-electron chi connectivity index (χ4n) is 12.3. The number of terminal acetylenes is 1. The summed E-state index contributed by atoms with van der Waals surface area (Å²) < 4.78 is 6.30. The van der Waals surface area contributed by atoms with E-state index in [9.17, 15) is 19.5 Å². The number of rotatable bonds is 4. The molecule has 6 aliphatic rings. The Morgan fingerprint density at radius 2 is 1.70 bits per heavy atom. The third kappa shape index (κ3) is 5.92. The van der Waals surface area contributed by atoms with Crippen molar-refractivity contribution in [1.82, 2.24) is 24.6 Å². The minimum Gasteiger partial charge on any atom is -0.444 e. The van der Waals surface area contributed by atoms with Crippen LogP contribution in [-0.4, -0.2) is 118 Å². The van der Waals surface area contributed by atoms with Gasteiger partial charge in [0.15, 0.2) is 0 Å². The van der Waals surface area contributed by atoms with Crippen LogP contribution in [0.25, 0.3) is 10.9 Å². The van der Waals surface area contributed by atoms with Crippen LogP contribution in [0.4, 0.5) is 4.79 Å². The highest BCUT2D eigenvalue weighted by molar-refractivity contribution is 5.98. The number of likely N-dealkylation sites (tertiary alicyclic amines) is 1. The van der Waals surface area contributed by atoms with Gasteiger partial charge in [0.1, 0.15) is 23.4 Å². The van der Waals surface area contributed by atoms with Gasteiger partial charge in [0.25, 0.3) is 5.91 Å². The van der Waals surface area contributed by atoms with Crippen molar-refractivity contribution in [2.24, 2.45) is 34.5 Å². The van der Waals surface area contributed by atoms with Crippen LogP contribution in [0.2, 0.25) is 0 Å². The smallest absolute Gasteiger partial charge is 0.409 e. The number of nitrogens with zero attached hydrogens (tertiary/aromatic N) is 5. The van der Waals surface area contributed by atoms with Gasteiger partial charge in [-0.2, -0.15) is 0 Å². The van der Waals surface area contributed by atoms with Crippen LogP contribution >= 0.6 is 0 Å². The number of pyridine rings is 1. The average Bonchev–Trinajstić information content (AvgIpc) is 3.76. The third-order valence-electron chi connectivity index (χ3n) is 15.4. The van der Waals surface area contributed by atoms with Crippen LogP contribution in [-0.2, 0) is 9.53 Å². The molecule has 10 heteroatoms. The van der Waals surface area contributed by atoms with E-state index in [0.29, 0.717) is 74.9 Å². The Kier molecular flexibility index (Phi) is 9.29. The van der Waals surface area contributed by atoms with Gasteiger partial charge < -0.3 is 24.5 Å². The number of carbonyl (C=O) groups is 3. The first-order chi connectivity index (χ1) is 25.4. The third-order valence-corrected chi connectivity index (χ3v) is 15.4. The van der Waals surface area contributed by atoms with E-state index in [1.807, 2.05) is 35.2 Å². The number of amides is 3. The zero-order chi connectivity index (χ0) is 37.3. The van der Waals surface area contributed by atoms with Crippen LogP contribution in [0, 0.1) is 46.8 Å². The largest absolute Gasteiger partial charge is 0.444 e. The Hall–Kier alpha value is -3.68. The molecule has 8 rings (SSSR count). The van der Waals surface area contributed by atoms with Gasteiger partial charge in [-0.05, 0) is 105 Å². The number of ether oxygens (including phenoxy) is 1. The van der Waals surface area contributed by atoms with Crippen LogP contribution in [0.1, 0.15) is 88.5 Å². The summed E-state index contributed by atoms with van der Waals surface area (Å²) in [5, 5.41) is 12.5. The van der Waals surface area contributed by atoms with Crippen molar-refractivity contribution in [3.63, 3.8) is 0 Å². The predicted molar refractivity (Wildman–Crippen MR) is 203 cm³/mol. The van der Waals surface area contributed by atoms with E-state index >= 15 is 0 Å². The van der Waals surface area contributed by atoms with E-state index in [0.717, 1.165) is 62.3 Å². The van der Waals surface area contributed by atoms with E-state index < -0.39 is 11.6 Å². The molecule has 0 bridgehead atoms. The van der Waals surface area contributed by atoms with Crippen LogP contribution in [0.3, 0.4) is 0 Å². The number of benzene rings is 1. The van der Waals surface area contributed by atoms with Crippen LogP contribution < -0.4 is 0 Å². The summed E-state index contributed by atoms with van der Waals surface area (Å²) in [5.74, 6) is 4.62. The number of hydrogen-bond donors (Lipinski definition) is 1. The van der Waals surface area contributed by atoms with Crippen molar-refractivity contribution in [2.45, 2.75) is 102 Å². The minimum atomic E-state index is -1.02. The van der Waals surface area contributed by atoms with E-state index in [4.69, 9.17) is 11.2 Å². The van der Waals surface area contributed by atoms with Gasteiger partial charge in [0, 0.05) is 63.7 Å². The summed E-state index contributed by atoms with van der Waals surface area (Å²) in [5.41, 5.74) is -0.0227. The number of piperazine rings is 1. The second kappa shape index (κ2) is 13.6. The van der Waals surface area contributed by atoms with Crippen molar-refractivity contribution in [2.75, 3.05) is 46.8 Å². The standard InChI is InChI=1S/C43H57N5O5/c1-6-43(52)20-18-32-30-15-14-29-26-37(53-40(51)45(4)5)36(27-41(29,2)31(30)17-19-42(32,43)3)46-22-24-47(25-23-46)39(50)35-12-9-21-48(35)38(49)34-16-13-28-10-7-8-11-33(28)44-34/h1,7-8,10-11,13,16,29-32,35-37,52H,9,12,14-15,17-27H2,2-5H3/t29?,30?,31?,32?,35?,36-,37-,41-,42-,43-/m0/s1. The van der Waals surface area contributed by atoms with Crippen molar-refractivity contribution < 1.29 is 24.2 Å². The van der Waals surface area contributed by atoms with Crippen LogP contribution in [0.5, 0.6) is 0 Å². The Balaban J connectivity index is 0.974. The van der Waals surface area contributed by atoms with E-state index in [-0.39, 0.29) is 40.9 Å². The summed E-state index contributed by atoms with van der Waals surface area (Å²) in [6, 6.07) is 11.0. The SMILES string of the molecule is C#C[C@]1(O)CCC2C3CCC4C[C@H](OC(=O)N(C)C)[C@@H](N5CCN(C(=O)C6CCCN6C(=O)c6ccc7ccccc7n6)CC5)C[C@]4(C)C3CC[C@@]21C. The van der Waals surface area contributed by atoms with E-state index in [2.05, 4.69) is 29.7 Å². The molecule has 1 aromatic heterocycles. The molecule has 10 atom stereocenters. The molecule has 0 spiro atoms. The highest BCUT2D eigenvalue weighted by Crippen LogP contribution is 2.68. The first-order valence-corrected chi connectivity index (χ1v) is 20.1. The molecule has 5 unspecified atom stereocenters. The number of hydrogen-bond acceptors (Lipinski definition) is 7. The monoisotopic (exact) mass is 723 g/mol. The molecule has 284 valence electrons. The Labute approximate surface area is 314 Å². The van der Waals surface area contributed by atoms with E-state index in [1.165, 1.54) is 4.90 Å². The Morgan fingerprint density at radius 1 is 0.943 bits per heavy atom. The highest BCUT2D eigenvalue weighted by Gasteiger charge is 2.65. The minimum absolute atomic E-state index is 0.0198. The molecule has 4 saturated carbocycles. The summed E-state index contributed by atoms with van der Waals surface area (Å²) >= 11 is 0. The molecule has 2 aromatic rings. The lowest BCUT2D eigenvalue weighted by Gasteiger charge is -2.63. The summed E-state index contributed by atoms with van der Waals surface area (Å²) in [7, 11) is 3.48. The molecule has 1 N–H and O–H groups in total. The van der Waals surface area contributed by atoms with Crippen molar-refractivity contribution in [3.05, 3.63) is 42.1 Å². The maximum atomic E-state index is 14.1. The summed E-state index contributed by atoms with van der Waals surface area (Å²) in [6.45, 7) is 7.86. The van der Waals surface area contributed by atoms with Gasteiger partial charge in [0.05, 0.1) is 5.52 Å². The molecule has 10 nitrogen and oxygen atoms in total. The zero-order valence-electron chi connectivity index (χ0n) is 32.0. The lowest BCUT2D eigenvalue weighted by Crippen LogP contribution is -2.63. The fraction of sp³-hybridized carbons (Fsp3) is 0.674. The molecule has 2 saturated heterocycles. The Morgan fingerprint density at radius 3 is 2.45 bits per heavy atom. The van der Waals surface area contributed by atoms with Gasteiger partial charge in [-0.15, -0.1) is 6.42 Å². The molecule has 2 aliphatic heterocycles. The molecule has 6 fully saturated rings. The summed E-state index contributed by atoms with van der Waals surface area (Å²) in [4.78, 5) is 53.2. The lowest BCUT2D eigenvalue weighted by atomic mass is 9.44. The first-order valence-electron chi connectivity index (χ1n) is 20.1. The second-order valence-electron chi connectivity index (χ2n) is 17.9. The maximum absolute atomic E-state index is 14.1. The molecular formula is C43H57N5O5. The molecule has 1 aromatic carbocycles. The molecular weight excluding hydrogens is 667 g/mol. The molecule has 53 heavy (non-hydrogen) atoms. The quantitative estimate of drug-likeness (QED) is 0.420. The van der Waals surface area contributed by atoms with E-state index in [1.54, 1.807) is 25.1 Å². The second-order valence-corrected chi connectivity index (χ2v) is 17.9. The lowest BCUT2D eigenvalue weighted by molar-refractivity contribution is -0.164.